The number of carbonyl (C=O) groups is 1. The number of alkyl halides is 1. The average molecular weight is 259 g/mol. The van der Waals surface area contributed by atoms with Gasteiger partial charge in [-0.25, -0.2) is 4.79 Å². The number of aliphatic hydroxyl groups is 2. The molecule has 1 aromatic rings. The Balaban J connectivity index is 2.77. The third kappa shape index (κ3) is 3.70. The van der Waals surface area contributed by atoms with Gasteiger partial charge in [-0.3, -0.25) is 0 Å². The third-order valence-corrected chi connectivity index (χ3v) is 2.60. The highest BCUT2D eigenvalue weighted by Gasteiger charge is 2.17. The monoisotopic (exact) mass is 258 g/mol. The first-order chi connectivity index (χ1) is 8.10. The fourth-order valence-corrected chi connectivity index (χ4v) is 1.51. The second kappa shape index (κ2) is 6.59. The maximum absolute atomic E-state index is 11.4. The lowest BCUT2D eigenvalue weighted by atomic mass is 10.0. The molecule has 1 rings (SSSR count). The molecule has 0 saturated carbocycles. The molecule has 5 heteroatoms. The van der Waals surface area contributed by atoms with Gasteiger partial charge in [0.05, 0.1) is 24.2 Å². The van der Waals surface area contributed by atoms with Gasteiger partial charge in [0.25, 0.3) is 0 Å². The van der Waals surface area contributed by atoms with Crippen LogP contribution in [0.3, 0.4) is 0 Å². The molecule has 17 heavy (non-hydrogen) atoms. The van der Waals surface area contributed by atoms with Crippen LogP contribution >= 0.6 is 11.6 Å². The quantitative estimate of drug-likeness (QED) is 0.620. The SMILES string of the molecule is CCOC(=O)c1ccc(C(O)C(O)CCl)cc1. The zero-order valence-corrected chi connectivity index (χ0v) is 10.2. The molecule has 94 valence electrons. The van der Waals surface area contributed by atoms with Gasteiger partial charge in [-0.15, -0.1) is 11.6 Å². The van der Waals surface area contributed by atoms with Crippen LogP contribution < -0.4 is 0 Å². The van der Waals surface area contributed by atoms with Crippen LogP contribution in [-0.4, -0.2) is 34.8 Å². The number of hydrogen-bond donors (Lipinski definition) is 2. The van der Waals surface area contributed by atoms with Crippen LogP contribution in [-0.2, 0) is 4.74 Å². The lowest BCUT2D eigenvalue weighted by Gasteiger charge is -2.15. The summed E-state index contributed by atoms with van der Waals surface area (Å²) in [5.41, 5.74) is 0.911. The number of carbonyl (C=O) groups excluding carboxylic acids is 1. The molecule has 0 aromatic heterocycles. The van der Waals surface area contributed by atoms with Crippen LogP contribution in [0.1, 0.15) is 28.9 Å². The molecule has 0 bridgehead atoms. The maximum Gasteiger partial charge on any atom is 0.338 e. The third-order valence-electron chi connectivity index (χ3n) is 2.29. The summed E-state index contributed by atoms with van der Waals surface area (Å²) in [4.78, 5) is 11.4. The lowest BCUT2D eigenvalue weighted by Crippen LogP contribution is -2.19. The Morgan fingerprint density at radius 2 is 1.94 bits per heavy atom. The van der Waals surface area contributed by atoms with Crippen LogP contribution in [0.5, 0.6) is 0 Å². The van der Waals surface area contributed by atoms with Gasteiger partial charge >= 0.3 is 5.97 Å². The van der Waals surface area contributed by atoms with E-state index in [0.29, 0.717) is 17.7 Å². The van der Waals surface area contributed by atoms with E-state index in [9.17, 15) is 15.0 Å². The van der Waals surface area contributed by atoms with Gasteiger partial charge < -0.3 is 14.9 Å². The predicted molar refractivity (Wildman–Crippen MR) is 64.1 cm³/mol. The summed E-state index contributed by atoms with van der Waals surface area (Å²) < 4.78 is 4.82. The Hall–Kier alpha value is -1.10. The van der Waals surface area contributed by atoms with Gasteiger partial charge in [0.1, 0.15) is 6.10 Å². The molecule has 0 aliphatic carbocycles. The van der Waals surface area contributed by atoms with Crippen molar-refractivity contribution in [3.63, 3.8) is 0 Å². The summed E-state index contributed by atoms with van der Waals surface area (Å²) in [6.45, 7) is 2.04. The second-order valence-corrected chi connectivity index (χ2v) is 3.82. The van der Waals surface area contributed by atoms with Crippen molar-refractivity contribution in [1.82, 2.24) is 0 Å². The molecule has 4 nitrogen and oxygen atoms in total. The van der Waals surface area contributed by atoms with Crippen molar-refractivity contribution in [3.05, 3.63) is 35.4 Å². The van der Waals surface area contributed by atoms with Crippen LogP contribution in [0.4, 0.5) is 0 Å². The van der Waals surface area contributed by atoms with E-state index in [1.54, 1.807) is 19.1 Å². The van der Waals surface area contributed by atoms with Crippen molar-refractivity contribution in [2.75, 3.05) is 12.5 Å². The minimum Gasteiger partial charge on any atom is -0.462 e. The molecule has 0 spiro atoms. The van der Waals surface area contributed by atoms with Crippen molar-refractivity contribution in [3.8, 4) is 0 Å². The number of hydrogen-bond acceptors (Lipinski definition) is 4. The van der Waals surface area contributed by atoms with E-state index < -0.39 is 18.2 Å². The summed E-state index contributed by atoms with van der Waals surface area (Å²) >= 11 is 5.44. The molecule has 0 aliphatic rings. The molecule has 0 radical (unpaired) electrons. The largest absolute Gasteiger partial charge is 0.462 e. The molecule has 2 atom stereocenters. The number of aliphatic hydroxyl groups excluding tert-OH is 2. The first-order valence-corrected chi connectivity index (χ1v) is 5.82. The van der Waals surface area contributed by atoms with E-state index in [-0.39, 0.29) is 5.88 Å². The van der Waals surface area contributed by atoms with Gasteiger partial charge in [0.15, 0.2) is 0 Å². The highest BCUT2D eigenvalue weighted by molar-refractivity contribution is 6.18. The topological polar surface area (TPSA) is 66.8 Å². The molecule has 0 amide bonds. The van der Waals surface area contributed by atoms with Crippen molar-refractivity contribution in [2.45, 2.75) is 19.1 Å². The van der Waals surface area contributed by atoms with E-state index in [1.807, 2.05) is 0 Å². The summed E-state index contributed by atoms with van der Waals surface area (Å²) in [6, 6.07) is 6.20. The first kappa shape index (κ1) is 14.0. The van der Waals surface area contributed by atoms with E-state index in [4.69, 9.17) is 16.3 Å². The highest BCUT2D eigenvalue weighted by atomic mass is 35.5. The summed E-state index contributed by atoms with van der Waals surface area (Å²) in [7, 11) is 0. The fourth-order valence-electron chi connectivity index (χ4n) is 1.34. The molecule has 1 aromatic carbocycles. The Labute approximate surface area is 105 Å². The highest BCUT2D eigenvalue weighted by Crippen LogP contribution is 2.18. The van der Waals surface area contributed by atoms with E-state index in [1.165, 1.54) is 12.1 Å². The molecule has 2 N–H and O–H groups in total. The fraction of sp³-hybridized carbons (Fsp3) is 0.417. The molecular weight excluding hydrogens is 244 g/mol. The van der Waals surface area contributed by atoms with Crippen molar-refractivity contribution in [1.29, 1.82) is 0 Å². The lowest BCUT2D eigenvalue weighted by molar-refractivity contribution is 0.0327. The Kier molecular flexibility index (Phi) is 5.41. The number of halogens is 1. The van der Waals surface area contributed by atoms with E-state index in [2.05, 4.69) is 0 Å². The summed E-state index contributed by atoms with van der Waals surface area (Å²) in [5, 5.41) is 19.0. The molecule has 2 unspecified atom stereocenters. The molecule has 0 fully saturated rings. The zero-order chi connectivity index (χ0) is 12.8. The second-order valence-electron chi connectivity index (χ2n) is 3.51. The van der Waals surface area contributed by atoms with E-state index >= 15 is 0 Å². The van der Waals surface area contributed by atoms with Crippen LogP contribution in [0.15, 0.2) is 24.3 Å². The van der Waals surface area contributed by atoms with Gasteiger partial charge in [-0.05, 0) is 24.6 Å². The van der Waals surface area contributed by atoms with Crippen molar-refractivity contribution >= 4 is 17.6 Å². The predicted octanol–water partition coefficient (Wildman–Crippen LogP) is 1.50. The average Bonchev–Trinajstić information content (AvgIpc) is 2.37. The normalized spacial score (nSPS) is 14.1. The Morgan fingerprint density at radius 3 is 2.41 bits per heavy atom. The molecule has 0 aliphatic heterocycles. The summed E-state index contributed by atoms with van der Waals surface area (Å²) in [6.07, 6.45) is -2.08. The van der Waals surface area contributed by atoms with Gasteiger partial charge in [-0.1, -0.05) is 12.1 Å². The minimum atomic E-state index is -1.05. The van der Waals surface area contributed by atoms with Gasteiger partial charge in [-0.2, -0.15) is 0 Å². The smallest absolute Gasteiger partial charge is 0.338 e. The van der Waals surface area contributed by atoms with E-state index in [0.717, 1.165) is 0 Å². The maximum atomic E-state index is 11.4. The zero-order valence-electron chi connectivity index (χ0n) is 9.47. The van der Waals surface area contributed by atoms with Crippen LogP contribution in [0.25, 0.3) is 0 Å². The molecule has 0 heterocycles. The van der Waals surface area contributed by atoms with Gasteiger partial charge in [0.2, 0.25) is 0 Å². The van der Waals surface area contributed by atoms with Crippen LogP contribution in [0, 0.1) is 0 Å². The number of ether oxygens (including phenoxy) is 1. The van der Waals surface area contributed by atoms with Crippen molar-refractivity contribution < 1.29 is 19.7 Å². The first-order valence-electron chi connectivity index (χ1n) is 5.29. The Morgan fingerprint density at radius 1 is 1.35 bits per heavy atom. The number of benzene rings is 1. The number of rotatable bonds is 5. The molecular formula is C12H15ClO4. The minimum absolute atomic E-state index is 0.0548. The van der Waals surface area contributed by atoms with Crippen molar-refractivity contribution in [2.24, 2.45) is 0 Å². The Bertz CT molecular complexity index is 363. The summed E-state index contributed by atoms with van der Waals surface area (Å²) in [5.74, 6) is -0.465. The van der Waals surface area contributed by atoms with Gasteiger partial charge in [0, 0.05) is 0 Å². The molecule has 0 saturated heterocycles. The standard InChI is InChI=1S/C12H15ClO4/c1-2-17-12(16)9-5-3-8(4-6-9)11(15)10(14)7-13/h3-6,10-11,14-15H,2,7H2,1H3. The number of esters is 1. The van der Waals surface area contributed by atoms with Crippen LogP contribution in [0.2, 0.25) is 0 Å².